The van der Waals surface area contributed by atoms with Crippen molar-refractivity contribution < 1.29 is 14.3 Å². The van der Waals surface area contributed by atoms with E-state index in [2.05, 4.69) is 0 Å². The van der Waals surface area contributed by atoms with E-state index in [-0.39, 0.29) is 17.8 Å². The number of piperidine rings is 1. The van der Waals surface area contributed by atoms with Gasteiger partial charge in [-0.3, -0.25) is 9.59 Å². The summed E-state index contributed by atoms with van der Waals surface area (Å²) in [6.45, 7) is 5.21. The van der Waals surface area contributed by atoms with E-state index in [1.54, 1.807) is 11.8 Å². The lowest BCUT2D eigenvalue weighted by Crippen LogP contribution is -2.49. The van der Waals surface area contributed by atoms with Gasteiger partial charge in [0.1, 0.15) is 0 Å². The van der Waals surface area contributed by atoms with Crippen molar-refractivity contribution in [1.29, 1.82) is 0 Å². The number of likely N-dealkylation sites (tertiary alicyclic amines) is 1. The molecule has 1 fully saturated rings. The topological polar surface area (TPSA) is 72.6 Å². The van der Waals surface area contributed by atoms with Crippen LogP contribution in [-0.2, 0) is 14.3 Å². The number of ether oxygens (including phenoxy) is 1. The summed E-state index contributed by atoms with van der Waals surface area (Å²) >= 11 is 0. The number of hydrogen-bond acceptors (Lipinski definition) is 4. The molecule has 0 saturated carbocycles. The van der Waals surface area contributed by atoms with Gasteiger partial charge in [-0.2, -0.15) is 0 Å². The standard InChI is InChI=1S/C12H22N2O3/c1-3-10(13)11(15)14-7-5-6-9(8-14)12(16)17-4-2/h9-10H,3-8,13H2,1-2H3. The average molecular weight is 242 g/mol. The van der Waals surface area contributed by atoms with Crippen LogP contribution in [0.25, 0.3) is 0 Å². The number of nitrogens with two attached hydrogens (primary N) is 1. The summed E-state index contributed by atoms with van der Waals surface area (Å²) in [5.74, 6) is -0.437. The van der Waals surface area contributed by atoms with Gasteiger partial charge >= 0.3 is 5.97 Å². The minimum atomic E-state index is -0.448. The van der Waals surface area contributed by atoms with E-state index in [1.165, 1.54) is 0 Å². The number of rotatable bonds is 4. The lowest BCUT2D eigenvalue weighted by Gasteiger charge is -2.33. The van der Waals surface area contributed by atoms with E-state index >= 15 is 0 Å². The second-order valence-corrected chi connectivity index (χ2v) is 4.39. The Morgan fingerprint density at radius 3 is 2.76 bits per heavy atom. The van der Waals surface area contributed by atoms with Gasteiger partial charge in [0, 0.05) is 13.1 Å². The molecule has 1 rings (SSSR count). The molecule has 2 unspecified atom stereocenters. The Kier molecular flexibility index (Phi) is 5.41. The quantitative estimate of drug-likeness (QED) is 0.730. The van der Waals surface area contributed by atoms with Gasteiger partial charge in [0.2, 0.25) is 5.91 Å². The van der Waals surface area contributed by atoms with Crippen molar-refractivity contribution in [3.63, 3.8) is 0 Å². The Balaban J connectivity index is 2.54. The molecule has 1 heterocycles. The number of carbonyl (C=O) groups excluding carboxylic acids is 2. The van der Waals surface area contributed by atoms with Crippen molar-refractivity contribution >= 4 is 11.9 Å². The van der Waals surface area contributed by atoms with E-state index in [1.807, 2.05) is 6.92 Å². The van der Waals surface area contributed by atoms with E-state index < -0.39 is 6.04 Å². The summed E-state index contributed by atoms with van der Waals surface area (Å²) in [5.41, 5.74) is 5.72. The van der Waals surface area contributed by atoms with Gasteiger partial charge in [-0.25, -0.2) is 0 Å². The van der Waals surface area contributed by atoms with Crippen LogP contribution >= 0.6 is 0 Å². The number of esters is 1. The molecule has 0 aromatic rings. The van der Waals surface area contributed by atoms with Gasteiger partial charge < -0.3 is 15.4 Å². The minimum Gasteiger partial charge on any atom is -0.466 e. The average Bonchev–Trinajstić information content (AvgIpc) is 2.37. The molecule has 0 bridgehead atoms. The second-order valence-electron chi connectivity index (χ2n) is 4.39. The molecular weight excluding hydrogens is 220 g/mol. The van der Waals surface area contributed by atoms with E-state index in [0.717, 1.165) is 12.8 Å². The van der Waals surface area contributed by atoms with Gasteiger partial charge in [0.05, 0.1) is 18.6 Å². The summed E-state index contributed by atoms with van der Waals surface area (Å²) in [6, 6.07) is -0.448. The molecule has 0 spiro atoms. The van der Waals surface area contributed by atoms with E-state index in [0.29, 0.717) is 26.1 Å². The predicted molar refractivity (Wildman–Crippen MR) is 64.2 cm³/mol. The molecule has 0 aliphatic carbocycles. The lowest BCUT2D eigenvalue weighted by molar-refractivity contribution is -0.151. The fourth-order valence-electron chi connectivity index (χ4n) is 2.04. The summed E-state index contributed by atoms with van der Waals surface area (Å²) in [5, 5.41) is 0. The molecule has 17 heavy (non-hydrogen) atoms. The maximum absolute atomic E-state index is 11.9. The number of amides is 1. The third-order valence-electron chi connectivity index (χ3n) is 3.11. The fourth-order valence-corrected chi connectivity index (χ4v) is 2.04. The molecule has 5 nitrogen and oxygen atoms in total. The molecule has 2 N–H and O–H groups in total. The SMILES string of the molecule is CCOC(=O)C1CCCN(C(=O)C(N)CC)C1. The highest BCUT2D eigenvalue weighted by atomic mass is 16.5. The Morgan fingerprint density at radius 1 is 1.47 bits per heavy atom. The first-order valence-electron chi connectivity index (χ1n) is 6.31. The van der Waals surface area contributed by atoms with Gasteiger partial charge in [-0.1, -0.05) is 6.92 Å². The molecule has 0 aromatic heterocycles. The maximum atomic E-state index is 11.9. The largest absolute Gasteiger partial charge is 0.466 e. The van der Waals surface area contributed by atoms with Crippen molar-refractivity contribution in [3.05, 3.63) is 0 Å². The van der Waals surface area contributed by atoms with E-state index in [4.69, 9.17) is 10.5 Å². The molecule has 98 valence electrons. The minimum absolute atomic E-state index is 0.0542. The molecule has 1 aliphatic heterocycles. The highest BCUT2D eigenvalue weighted by molar-refractivity contribution is 5.82. The van der Waals surface area contributed by atoms with Crippen LogP contribution in [0, 0.1) is 5.92 Å². The van der Waals surface area contributed by atoms with Gasteiger partial charge in [0.15, 0.2) is 0 Å². The van der Waals surface area contributed by atoms with Crippen LogP contribution in [0.1, 0.15) is 33.1 Å². The van der Waals surface area contributed by atoms with Crippen molar-refractivity contribution in [2.75, 3.05) is 19.7 Å². The first kappa shape index (κ1) is 14.0. The van der Waals surface area contributed by atoms with Crippen LogP contribution in [0.15, 0.2) is 0 Å². The Bertz CT molecular complexity index is 281. The number of hydrogen-bond donors (Lipinski definition) is 1. The monoisotopic (exact) mass is 242 g/mol. The number of nitrogens with zero attached hydrogens (tertiary/aromatic N) is 1. The van der Waals surface area contributed by atoms with Crippen LogP contribution in [-0.4, -0.2) is 42.5 Å². The van der Waals surface area contributed by atoms with Crippen molar-refractivity contribution in [2.45, 2.75) is 39.2 Å². The first-order valence-corrected chi connectivity index (χ1v) is 6.31. The Hall–Kier alpha value is -1.10. The summed E-state index contributed by atoms with van der Waals surface area (Å²) in [6.07, 6.45) is 2.26. The van der Waals surface area contributed by atoms with Crippen LogP contribution in [0.5, 0.6) is 0 Å². The zero-order valence-electron chi connectivity index (χ0n) is 10.6. The van der Waals surface area contributed by atoms with Crippen LogP contribution in [0.2, 0.25) is 0 Å². The van der Waals surface area contributed by atoms with E-state index in [9.17, 15) is 9.59 Å². The Morgan fingerprint density at radius 2 is 2.18 bits per heavy atom. The van der Waals surface area contributed by atoms with Gasteiger partial charge in [0.25, 0.3) is 0 Å². The van der Waals surface area contributed by atoms with Crippen molar-refractivity contribution in [3.8, 4) is 0 Å². The molecule has 5 heteroatoms. The fraction of sp³-hybridized carbons (Fsp3) is 0.833. The third kappa shape index (κ3) is 3.70. The molecule has 0 aromatic carbocycles. The zero-order chi connectivity index (χ0) is 12.8. The zero-order valence-corrected chi connectivity index (χ0v) is 10.6. The molecule has 0 radical (unpaired) electrons. The molecule has 1 amide bonds. The molecule has 1 saturated heterocycles. The first-order chi connectivity index (χ1) is 8.10. The van der Waals surface area contributed by atoms with Gasteiger partial charge in [-0.15, -0.1) is 0 Å². The Labute approximate surface area is 102 Å². The smallest absolute Gasteiger partial charge is 0.310 e. The number of carbonyl (C=O) groups is 2. The highest BCUT2D eigenvalue weighted by Crippen LogP contribution is 2.18. The summed E-state index contributed by atoms with van der Waals surface area (Å²) in [4.78, 5) is 25.2. The predicted octanol–water partition coefficient (Wildman–Crippen LogP) is 0.525. The maximum Gasteiger partial charge on any atom is 0.310 e. The highest BCUT2D eigenvalue weighted by Gasteiger charge is 2.30. The van der Waals surface area contributed by atoms with Crippen LogP contribution in [0.3, 0.4) is 0 Å². The summed E-state index contributed by atoms with van der Waals surface area (Å²) < 4.78 is 4.99. The molecule has 2 atom stereocenters. The third-order valence-corrected chi connectivity index (χ3v) is 3.11. The molecule has 1 aliphatic rings. The molecular formula is C12H22N2O3. The van der Waals surface area contributed by atoms with Crippen molar-refractivity contribution in [2.24, 2.45) is 11.7 Å². The lowest BCUT2D eigenvalue weighted by atomic mass is 9.97. The van der Waals surface area contributed by atoms with Crippen LogP contribution in [0.4, 0.5) is 0 Å². The van der Waals surface area contributed by atoms with Gasteiger partial charge in [-0.05, 0) is 26.2 Å². The second kappa shape index (κ2) is 6.59. The van der Waals surface area contributed by atoms with Crippen molar-refractivity contribution in [1.82, 2.24) is 4.90 Å². The van der Waals surface area contributed by atoms with Crippen LogP contribution < -0.4 is 5.73 Å². The summed E-state index contributed by atoms with van der Waals surface area (Å²) in [7, 11) is 0. The normalized spacial score (nSPS) is 22.1.